The molecule has 1 heterocycles. The van der Waals surface area contributed by atoms with Crippen molar-refractivity contribution in [3.63, 3.8) is 0 Å². The number of rotatable bonds is 9. The van der Waals surface area contributed by atoms with E-state index in [1.54, 1.807) is 24.7 Å². The average Bonchev–Trinajstić information content (AvgIpc) is 2.74. The molecule has 0 aliphatic heterocycles. The van der Waals surface area contributed by atoms with Gasteiger partial charge in [-0.1, -0.05) is 36.0 Å². The first kappa shape index (κ1) is 20.9. The zero-order valence-electron chi connectivity index (χ0n) is 16.6. The zero-order valence-corrected chi connectivity index (χ0v) is 17.4. The largest absolute Gasteiger partial charge is 0.497 e. The van der Waals surface area contributed by atoms with Crippen LogP contribution in [-0.2, 0) is 16.1 Å². The highest BCUT2D eigenvalue weighted by Gasteiger charge is 2.12. The number of esters is 1. The molecule has 0 aliphatic rings. The molecule has 0 radical (unpaired) electrons. The van der Waals surface area contributed by atoms with Crippen LogP contribution in [-0.4, -0.2) is 35.0 Å². The van der Waals surface area contributed by atoms with Crippen molar-refractivity contribution >= 4 is 28.6 Å². The van der Waals surface area contributed by atoms with Crippen LogP contribution in [0.2, 0.25) is 0 Å². The third-order valence-corrected chi connectivity index (χ3v) is 5.45. The van der Waals surface area contributed by atoms with Crippen LogP contribution in [0.3, 0.4) is 0 Å². The van der Waals surface area contributed by atoms with Gasteiger partial charge in [0, 0.05) is 12.2 Å². The number of hydrogen-bond donors (Lipinski definition) is 0. The van der Waals surface area contributed by atoms with Crippen LogP contribution in [0.5, 0.6) is 5.75 Å². The topological polar surface area (TPSA) is 70.4 Å². The highest BCUT2D eigenvalue weighted by atomic mass is 32.2. The highest BCUT2D eigenvalue weighted by Crippen LogP contribution is 2.21. The molecule has 0 amide bonds. The van der Waals surface area contributed by atoms with E-state index in [1.165, 1.54) is 11.8 Å². The van der Waals surface area contributed by atoms with Crippen molar-refractivity contribution in [3.05, 3.63) is 64.4 Å². The molecule has 0 bridgehead atoms. The Morgan fingerprint density at radius 3 is 2.62 bits per heavy atom. The van der Waals surface area contributed by atoms with Crippen LogP contribution in [0.4, 0.5) is 0 Å². The van der Waals surface area contributed by atoms with Gasteiger partial charge in [0.25, 0.3) is 5.56 Å². The number of para-hydroxylation sites is 1. The van der Waals surface area contributed by atoms with Gasteiger partial charge in [-0.2, -0.15) is 0 Å². The standard InChI is InChI=1S/C22H24N2O4S/c1-3-28-20(25)9-6-14-29-22-23-19-8-5-4-7-18(19)21(26)24(22)15-16-10-12-17(27-2)13-11-16/h4-5,7-8,10-13H,3,6,9,14-15H2,1-2H3. The summed E-state index contributed by atoms with van der Waals surface area (Å²) in [6.07, 6.45) is 1.02. The van der Waals surface area contributed by atoms with Gasteiger partial charge in [-0.25, -0.2) is 4.98 Å². The number of fused-ring (bicyclic) bond motifs is 1. The Bertz CT molecular complexity index is 1030. The number of benzene rings is 2. The lowest BCUT2D eigenvalue weighted by atomic mass is 10.2. The Morgan fingerprint density at radius 2 is 1.90 bits per heavy atom. The van der Waals surface area contributed by atoms with Gasteiger partial charge in [-0.3, -0.25) is 14.2 Å². The van der Waals surface area contributed by atoms with Gasteiger partial charge < -0.3 is 9.47 Å². The van der Waals surface area contributed by atoms with Crippen molar-refractivity contribution < 1.29 is 14.3 Å². The summed E-state index contributed by atoms with van der Waals surface area (Å²) in [5.41, 5.74) is 1.59. The second-order valence-electron chi connectivity index (χ2n) is 6.41. The predicted octanol–water partition coefficient (Wildman–Crippen LogP) is 3.89. The van der Waals surface area contributed by atoms with Crippen LogP contribution in [0, 0.1) is 0 Å². The lowest BCUT2D eigenvalue weighted by molar-refractivity contribution is -0.143. The Kier molecular flexibility index (Phi) is 7.30. The number of thioether (sulfide) groups is 1. The molecule has 29 heavy (non-hydrogen) atoms. The predicted molar refractivity (Wildman–Crippen MR) is 115 cm³/mol. The number of hydrogen-bond acceptors (Lipinski definition) is 6. The smallest absolute Gasteiger partial charge is 0.305 e. The van der Waals surface area contributed by atoms with E-state index < -0.39 is 0 Å². The molecule has 7 heteroatoms. The van der Waals surface area contributed by atoms with Crippen molar-refractivity contribution in [3.8, 4) is 5.75 Å². The van der Waals surface area contributed by atoms with E-state index in [-0.39, 0.29) is 11.5 Å². The van der Waals surface area contributed by atoms with Gasteiger partial charge in [0.1, 0.15) is 5.75 Å². The summed E-state index contributed by atoms with van der Waals surface area (Å²) >= 11 is 1.48. The van der Waals surface area contributed by atoms with Crippen molar-refractivity contribution in [2.75, 3.05) is 19.5 Å². The second kappa shape index (κ2) is 10.1. The molecule has 3 aromatic rings. The van der Waals surface area contributed by atoms with E-state index in [2.05, 4.69) is 0 Å². The molecule has 0 saturated heterocycles. The van der Waals surface area contributed by atoms with Crippen molar-refractivity contribution in [2.45, 2.75) is 31.5 Å². The number of ether oxygens (including phenoxy) is 2. The van der Waals surface area contributed by atoms with Gasteiger partial charge in [0.15, 0.2) is 5.16 Å². The van der Waals surface area contributed by atoms with E-state index >= 15 is 0 Å². The highest BCUT2D eigenvalue weighted by molar-refractivity contribution is 7.99. The molecule has 3 rings (SSSR count). The molecule has 0 N–H and O–H groups in total. The summed E-state index contributed by atoms with van der Waals surface area (Å²) in [6.45, 7) is 2.60. The Morgan fingerprint density at radius 1 is 1.14 bits per heavy atom. The number of methoxy groups -OCH3 is 1. The normalized spacial score (nSPS) is 10.8. The Balaban J connectivity index is 1.84. The Hall–Kier alpha value is -2.80. The van der Waals surface area contributed by atoms with Crippen molar-refractivity contribution in [2.24, 2.45) is 0 Å². The summed E-state index contributed by atoms with van der Waals surface area (Å²) in [5, 5.41) is 1.24. The summed E-state index contributed by atoms with van der Waals surface area (Å²) < 4.78 is 11.9. The third kappa shape index (κ3) is 5.38. The monoisotopic (exact) mass is 412 g/mol. The minimum atomic E-state index is -0.199. The maximum absolute atomic E-state index is 13.1. The SMILES string of the molecule is CCOC(=O)CCCSc1nc2ccccc2c(=O)n1Cc1ccc(OC)cc1. The summed E-state index contributed by atoms with van der Waals surface area (Å²) in [4.78, 5) is 29.3. The van der Waals surface area contributed by atoms with Gasteiger partial charge >= 0.3 is 5.97 Å². The van der Waals surface area contributed by atoms with Gasteiger partial charge in [0.2, 0.25) is 0 Å². The minimum absolute atomic E-state index is 0.0701. The van der Waals surface area contributed by atoms with Gasteiger partial charge in [0.05, 0.1) is 31.2 Å². The maximum atomic E-state index is 13.1. The number of carbonyl (C=O) groups is 1. The molecule has 152 valence electrons. The zero-order chi connectivity index (χ0) is 20.6. The lowest BCUT2D eigenvalue weighted by Crippen LogP contribution is -2.24. The van der Waals surface area contributed by atoms with Crippen molar-refractivity contribution in [1.82, 2.24) is 9.55 Å². The maximum Gasteiger partial charge on any atom is 0.305 e. The second-order valence-corrected chi connectivity index (χ2v) is 7.47. The molecule has 1 aromatic heterocycles. The minimum Gasteiger partial charge on any atom is -0.497 e. The molecule has 0 aliphatic carbocycles. The van der Waals surface area contributed by atoms with E-state index in [0.717, 1.165) is 11.3 Å². The molecule has 0 saturated carbocycles. The van der Waals surface area contributed by atoms with E-state index in [1.807, 2.05) is 42.5 Å². The van der Waals surface area contributed by atoms with E-state index in [0.29, 0.717) is 47.8 Å². The first-order valence-electron chi connectivity index (χ1n) is 9.53. The van der Waals surface area contributed by atoms with Crippen LogP contribution in [0.1, 0.15) is 25.3 Å². The van der Waals surface area contributed by atoms with Crippen LogP contribution < -0.4 is 10.3 Å². The molecular formula is C22H24N2O4S. The van der Waals surface area contributed by atoms with Crippen molar-refractivity contribution in [1.29, 1.82) is 0 Å². The molecule has 0 unspecified atom stereocenters. The first-order valence-corrected chi connectivity index (χ1v) is 10.5. The molecule has 6 nitrogen and oxygen atoms in total. The molecule has 0 fully saturated rings. The molecule has 2 aromatic carbocycles. The molecule has 0 atom stereocenters. The van der Waals surface area contributed by atoms with Crippen LogP contribution in [0.25, 0.3) is 10.9 Å². The lowest BCUT2D eigenvalue weighted by Gasteiger charge is -2.13. The summed E-state index contributed by atoms with van der Waals surface area (Å²) in [7, 11) is 1.62. The number of carbonyl (C=O) groups excluding carboxylic acids is 1. The fourth-order valence-electron chi connectivity index (χ4n) is 2.92. The van der Waals surface area contributed by atoms with Crippen LogP contribution in [0.15, 0.2) is 58.5 Å². The van der Waals surface area contributed by atoms with Gasteiger partial charge in [-0.15, -0.1) is 0 Å². The average molecular weight is 413 g/mol. The molecule has 0 spiro atoms. The van der Waals surface area contributed by atoms with E-state index in [4.69, 9.17) is 14.5 Å². The summed E-state index contributed by atoms with van der Waals surface area (Å²) in [5.74, 6) is 1.24. The number of aromatic nitrogens is 2. The fourth-order valence-corrected chi connectivity index (χ4v) is 3.86. The third-order valence-electron chi connectivity index (χ3n) is 4.39. The number of nitrogens with zero attached hydrogens (tertiary/aromatic N) is 2. The van der Waals surface area contributed by atoms with E-state index in [9.17, 15) is 9.59 Å². The summed E-state index contributed by atoms with van der Waals surface area (Å²) in [6, 6.07) is 15.0. The first-order chi connectivity index (χ1) is 14.1. The van der Waals surface area contributed by atoms with Gasteiger partial charge in [-0.05, 0) is 43.2 Å². The molecular weight excluding hydrogens is 388 g/mol. The Labute approximate surface area is 173 Å². The quantitative estimate of drug-likeness (QED) is 0.230. The van der Waals surface area contributed by atoms with Crippen LogP contribution >= 0.6 is 11.8 Å². The fraction of sp³-hybridized carbons (Fsp3) is 0.318.